The lowest BCUT2D eigenvalue weighted by Crippen LogP contribution is -2.36. The summed E-state index contributed by atoms with van der Waals surface area (Å²) in [5.41, 5.74) is 0.325. The first kappa shape index (κ1) is 21.7. The molecule has 0 unspecified atom stereocenters. The fourth-order valence-corrected chi connectivity index (χ4v) is 2.58. The summed E-state index contributed by atoms with van der Waals surface area (Å²) in [6.07, 6.45) is -8.36. The number of aliphatic carboxylic acids is 1. The predicted molar refractivity (Wildman–Crippen MR) is 88.9 cm³/mol. The molecule has 0 spiro atoms. The molecule has 0 aromatic heterocycles. The van der Waals surface area contributed by atoms with Gasteiger partial charge < -0.3 is 14.6 Å². The molecule has 0 aliphatic rings. The smallest absolute Gasteiger partial charge is 0.426 e. The normalized spacial score (nSPS) is 13.0. The highest BCUT2D eigenvalue weighted by Gasteiger charge is 2.44. The summed E-state index contributed by atoms with van der Waals surface area (Å²) >= 11 is 12.3. The summed E-state index contributed by atoms with van der Waals surface area (Å²) in [6.45, 7) is 5.70. The SMILES string of the molecule is CCc1cc(Cl)c(OCC(C)C)c(Cl)c1O[C@H](CC(=O)O)C(F)(F)F. The first-order valence-electron chi connectivity index (χ1n) is 7.56. The van der Waals surface area contributed by atoms with Crippen molar-refractivity contribution in [1.82, 2.24) is 0 Å². The molecule has 1 aromatic rings. The van der Waals surface area contributed by atoms with E-state index in [1.165, 1.54) is 6.07 Å². The highest BCUT2D eigenvalue weighted by molar-refractivity contribution is 6.38. The fraction of sp³-hybridized carbons (Fsp3) is 0.562. The van der Waals surface area contributed by atoms with Crippen LogP contribution in [-0.2, 0) is 11.2 Å². The number of benzene rings is 1. The average Bonchev–Trinajstić information content (AvgIpc) is 2.46. The Hall–Kier alpha value is -1.34. The quantitative estimate of drug-likeness (QED) is 0.634. The number of rotatable bonds is 8. The molecule has 0 heterocycles. The van der Waals surface area contributed by atoms with Gasteiger partial charge in [0.25, 0.3) is 0 Å². The first-order chi connectivity index (χ1) is 11.5. The van der Waals surface area contributed by atoms with Gasteiger partial charge in [0, 0.05) is 0 Å². The zero-order valence-corrected chi connectivity index (χ0v) is 15.4. The zero-order chi connectivity index (χ0) is 19.4. The number of alkyl halides is 3. The molecule has 4 nitrogen and oxygen atoms in total. The van der Waals surface area contributed by atoms with E-state index in [2.05, 4.69) is 0 Å². The summed E-state index contributed by atoms with van der Waals surface area (Å²) in [7, 11) is 0. The van der Waals surface area contributed by atoms with Gasteiger partial charge in [0.2, 0.25) is 6.10 Å². The molecule has 0 aliphatic heterocycles. The number of halogens is 5. The van der Waals surface area contributed by atoms with E-state index < -0.39 is 24.7 Å². The minimum atomic E-state index is -4.87. The van der Waals surface area contributed by atoms with E-state index >= 15 is 0 Å². The van der Waals surface area contributed by atoms with Gasteiger partial charge in [-0.05, 0) is 24.0 Å². The van der Waals surface area contributed by atoms with E-state index in [1.807, 2.05) is 13.8 Å². The average molecular weight is 403 g/mol. The third-order valence-electron chi connectivity index (χ3n) is 3.14. The molecule has 1 atom stereocenters. The second-order valence-electron chi connectivity index (χ2n) is 5.79. The summed E-state index contributed by atoms with van der Waals surface area (Å²) in [5.74, 6) is -1.75. The summed E-state index contributed by atoms with van der Waals surface area (Å²) in [4.78, 5) is 10.7. The maximum Gasteiger partial charge on any atom is 0.426 e. The van der Waals surface area contributed by atoms with Crippen LogP contribution in [0.1, 0.15) is 32.8 Å². The molecule has 0 aliphatic carbocycles. The number of hydrogen-bond acceptors (Lipinski definition) is 3. The van der Waals surface area contributed by atoms with Gasteiger partial charge >= 0.3 is 12.1 Å². The van der Waals surface area contributed by atoms with Crippen LogP contribution >= 0.6 is 23.2 Å². The Bertz CT molecular complexity index is 618. The lowest BCUT2D eigenvalue weighted by Gasteiger charge is -2.24. The van der Waals surface area contributed by atoms with Crippen LogP contribution in [0, 0.1) is 5.92 Å². The Morgan fingerprint density at radius 1 is 1.28 bits per heavy atom. The van der Waals surface area contributed by atoms with Gasteiger partial charge in [-0.1, -0.05) is 44.0 Å². The summed E-state index contributed by atoms with van der Waals surface area (Å²) in [5, 5.41) is 8.65. The molecule has 9 heteroatoms. The Labute approximate surface area is 153 Å². The molecule has 0 bridgehead atoms. The molecule has 0 amide bonds. The van der Waals surface area contributed by atoms with Crippen LogP contribution in [0.25, 0.3) is 0 Å². The molecule has 142 valence electrons. The number of carboxylic acids is 1. The highest BCUT2D eigenvalue weighted by Crippen LogP contribution is 2.44. The topological polar surface area (TPSA) is 55.8 Å². The lowest BCUT2D eigenvalue weighted by atomic mass is 10.1. The van der Waals surface area contributed by atoms with E-state index in [-0.39, 0.29) is 40.5 Å². The van der Waals surface area contributed by atoms with Crippen molar-refractivity contribution in [2.45, 2.75) is 45.9 Å². The molecule has 0 saturated heterocycles. The van der Waals surface area contributed by atoms with Gasteiger partial charge in [-0.2, -0.15) is 13.2 Å². The minimum absolute atomic E-state index is 0.0143. The van der Waals surface area contributed by atoms with Crippen LogP contribution in [0.15, 0.2) is 6.07 Å². The minimum Gasteiger partial charge on any atom is -0.490 e. The fourth-order valence-electron chi connectivity index (χ4n) is 1.93. The third kappa shape index (κ3) is 6.15. The number of carbonyl (C=O) groups is 1. The van der Waals surface area contributed by atoms with E-state index in [4.69, 9.17) is 37.8 Å². The standard InChI is InChI=1S/C16H19Cl2F3O4/c1-4-9-5-10(17)15(24-7-8(2)3)13(18)14(9)25-11(6-12(22)23)16(19,20)21/h5,8,11H,4,6-7H2,1-3H3,(H,22,23)/t11-/m1/s1. The Kier molecular flexibility index (Phi) is 7.68. The second-order valence-corrected chi connectivity index (χ2v) is 6.58. The van der Waals surface area contributed by atoms with Crippen molar-refractivity contribution in [1.29, 1.82) is 0 Å². The molecule has 0 fully saturated rings. The molecular weight excluding hydrogens is 384 g/mol. The highest BCUT2D eigenvalue weighted by atomic mass is 35.5. The van der Waals surface area contributed by atoms with Crippen molar-refractivity contribution in [2.24, 2.45) is 5.92 Å². The first-order valence-corrected chi connectivity index (χ1v) is 8.31. The van der Waals surface area contributed by atoms with Crippen LogP contribution in [0.3, 0.4) is 0 Å². The van der Waals surface area contributed by atoms with Gasteiger partial charge in [0.15, 0.2) is 5.75 Å². The van der Waals surface area contributed by atoms with Crippen molar-refractivity contribution in [3.8, 4) is 11.5 Å². The van der Waals surface area contributed by atoms with Crippen molar-refractivity contribution in [3.05, 3.63) is 21.7 Å². The predicted octanol–water partition coefficient (Wildman–Crippen LogP) is 5.38. The number of hydrogen-bond donors (Lipinski definition) is 1. The summed E-state index contributed by atoms with van der Waals surface area (Å²) < 4.78 is 49.7. The van der Waals surface area contributed by atoms with Gasteiger partial charge in [0.1, 0.15) is 10.8 Å². The van der Waals surface area contributed by atoms with E-state index in [0.29, 0.717) is 5.56 Å². The number of ether oxygens (including phenoxy) is 2. The van der Waals surface area contributed by atoms with Crippen molar-refractivity contribution < 1.29 is 32.5 Å². The maximum atomic E-state index is 13.1. The Balaban J connectivity index is 3.30. The van der Waals surface area contributed by atoms with Crippen LogP contribution in [0.4, 0.5) is 13.2 Å². The van der Waals surface area contributed by atoms with E-state index in [1.54, 1.807) is 6.92 Å². The molecule has 1 aromatic carbocycles. The number of carboxylic acid groups (broad SMARTS) is 1. The van der Waals surface area contributed by atoms with Crippen LogP contribution < -0.4 is 9.47 Å². The van der Waals surface area contributed by atoms with Gasteiger partial charge in [0.05, 0.1) is 18.1 Å². The van der Waals surface area contributed by atoms with Gasteiger partial charge in [-0.25, -0.2) is 0 Å². The van der Waals surface area contributed by atoms with E-state index in [9.17, 15) is 18.0 Å². The molecule has 0 saturated carbocycles. The van der Waals surface area contributed by atoms with Crippen LogP contribution in [-0.4, -0.2) is 30.0 Å². The zero-order valence-electron chi connectivity index (χ0n) is 13.9. The number of aryl methyl sites for hydroxylation is 1. The van der Waals surface area contributed by atoms with Crippen LogP contribution in [0.2, 0.25) is 10.0 Å². The van der Waals surface area contributed by atoms with Gasteiger partial charge in [-0.15, -0.1) is 0 Å². The summed E-state index contributed by atoms with van der Waals surface area (Å²) in [6, 6.07) is 1.41. The second kappa shape index (κ2) is 8.85. The lowest BCUT2D eigenvalue weighted by molar-refractivity contribution is -0.200. The third-order valence-corrected chi connectivity index (χ3v) is 3.76. The van der Waals surface area contributed by atoms with Crippen molar-refractivity contribution in [2.75, 3.05) is 6.61 Å². The maximum absolute atomic E-state index is 13.1. The van der Waals surface area contributed by atoms with Crippen molar-refractivity contribution in [3.63, 3.8) is 0 Å². The van der Waals surface area contributed by atoms with E-state index in [0.717, 1.165) is 0 Å². The van der Waals surface area contributed by atoms with Gasteiger partial charge in [-0.3, -0.25) is 4.79 Å². The molecule has 1 N–H and O–H groups in total. The molecular formula is C16H19Cl2F3O4. The van der Waals surface area contributed by atoms with Crippen molar-refractivity contribution >= 4 is 29.2 Å². The Morgan fingerprint density at radius 3 is 2.32 bits per heavy atom. The molecule has 25 heavy (non-hydrogen) atoms. The largest absolute Gasteiger partial charge is 0.490 e. The van der Waals surface area contributed by atoms with Crippen LogP contribution in [0.5, 0.6) is 11.5 Å². The monoisotopic (exact) mass is 402 g/mol. The Morgan fingerprint density at radius 2 is 1.88 bits per heavy atom. The molecule has 0 radical (unpaired) electrons. The molecule has 1 rings (SSSR count).